The van der Waals surface area contributed by atoms with E-state index in [2.05, 4.69) is 0 Å². The fourth-order valence-corrected chi connectivity index (χ4v) is 1.60. The van der Waals surface area contributed by atoms with Crippen molar-refractivity contribution in [2.45, 2.75) is 6.43 Å². The van der Waals surface area contributed by atoms with Crippen LogP contribution < -0.4 is 4.74 Å². The highest BCUT2D eigenvalue weighted by molar-refractivity contribution is 6.13. The van der Waals surface area contributed by atoms with Crippen molar-refractivity contribution in [1.82, 2.24) is 0 Å². The molecule has 1 unspecified atom stereocenters. The van der Waals surface area contributed by atoms with Gasteiger partial charge in [0.1, 0.15) is 18.3 Å². The summed E-state index contributed by atoms with van der Waals surface area (Å²) in [6.07, 6.45) is -3.14. The zero-order valence-electron chi connectivity index (χ0n) is 8.15. The fraction of sp³-hybridized carbons (Fsp3) is 0.273. The molecule has 1 aliphatic heterocycles. The molecule has 0 aromatic heterocycles. The Morgan fingerprint density at radius 3 is 2.75 bits per heavy atom. The molecule has 84 valence electrons. The number of hydrogen-bond acceptors (Lipinski definition) is 3. The van der Waals surface area contributed by atoms with Crippen LogP contribution in [-0.4, -0.2) is 24.6 Å². The average Bonchev–Trinajstić information content (AvgIpc) is 2.29. The molecule has 0 radical (unpaired) electrons. The van der Waals surface area contributed by atoms with E-state index < -0.39 is 23.9 Å². The van der Waals surface area contributed by atoms with E-state index in [9.17, 15) is 18.4 Å². The van der Waals surface area contributed by atoms with E-state index >= 15 is 0 Å². The maximum absolute atomic E-state index is 12.2. The Bertz CT molecular complexity index is 443. The van der Waals surface area contributed by atoms with Gasteiger partial charge in [-0.25, -0.2) is 8.78 Å². The zero-order chi connectivity index (χ0) is 11.7. The first kappa shape index (κ1) is 10.7. The third-order valence-electron chi connectivity index (χ3n) is 2.43. The third-order valence-corrected chi connectivity index (χ3v) is 2.43. The second kappa shape index (κ2) is 4.00. The average molecular weight is 226 g/mol. The molecular formula is C11H8F2O3. The van der Waals surface area contributed by atoms with Crippen molar-refractivity contribution in [3.05, 3.63) is 29.8 Å². The summed E-state index contributed by atoms with van der Waals surface area (Å²) in [6, 6.07) is 6.29. The lowest BCUT2D eigenvalue weighted by Gasteiger charge is -2.22. The fourth-order valence-electron chi connectivity index (χ4n) is 1.60. The van der Waals surface area contributed by atoms with Crippen LogP contribution in [0.15, 0.2) is 24.3 Å². The number of halogens is 2. The monoisotopic (exact) mass is 226 g/mol. The number of carbonyl (C=O) groups is 2. The lowest BCUT2D eigenvalue weighted by molar-refractivity contribution is -0.133. The normalized spacial score (nSPS) is 19.2. The summed E-state index contributed by atoms with van der Waals surface area (Å²) in [7, 11) is 0. The smallest absolute Gasteiger partial charge is 0.296 e. The molecule has 0 saturated carbocycles. The Hall–Kier alpha value is -1.78. The van der Waals surface area contributed by atoms with Gasteiger partial charge in [-0.1, -0.05) is 12.1 Å². The van der Waals surface area contributed by atoms with Crippen molar-refractivity contribution in [1.29, 1.82) is 0 Å². The van der Waals surface area contributed by atoms with Crippen LogP contribution >= 0.6 is 0 Å². The van der Waals surface area contributed by atoms with E-state index in [4.69, 9.17) is 4.74 Å². The molecule has 1 aliphatic rings. The van der Waals surface area contributed by atoms with E-state index in [1.54, 1.807) is 18.2 Å². The van der Waals surface area contributed by atoms with Gasteiger partial charge in [0, 0.05) is 0 Å². The topological polar surface area (TPSA) is 43.4 Å². The molecule has 0 fully saturated rings. The van der Waals surface area contributed by atoms with Gasteiger partial charge in [0.05, 0.1) is 5.56 Å². The van der Waals surface area contributed by atoms with Crippen molar-refractivity contribution in [3.8, 4) is 5.75 Å². The van der Waals surface area contributed by atoms with E-state index in [1.165, 1.54) is 6.07 Å². The maximum Gasteiger partial charge on any atom is 0.296 e. The lowest BCUT2D eigenvalue weighted by Crippen LogP contribution is -2.37. The van der Waals surface area contributed by atoms with E-state index in [1.807, 2.05) is 0 Å². The van der Waals surface area contributed by atoms with Gasteiger partial charge in [-0.05, 0) is 12.1 Å². The third kappa shape index (κ3) is 1.68. The standard InChI is InChI=1S/C11H8F2O3/c12-11(13)10(15)7-5-16-8-4-2-1-3-6(8)9(7)14/h1-4,7,11H,5H2. The number of rotatable bonds is 2. The van der Waals surface area contributed by atoms with Crippen molar-refractivity contribution in [2.24, 2.45) is 5.92 Å². The number of alkyl halides is 2. The first-order chi connectivity index (χ1) is 7.61. The number of benzene rings is 1. The summed E-state index contributed by atoms with van der Waals surface area (Å²) in [6.45, 7) is -0.307. The minimum absolute atomic E-state index is 0.188. The van der Waals surface area contributed by atoms with Gasteiger partial charge >= 0.3 is 0 Å². The van der Waals surface area contributed by atoms with E-state index in [0.717, 1.165) is 0 Å². The molecule has 1 atom stereocenters. The summed E-state index contributed by atoms with van der Waals surface area (Å²) in [4.78, 5) is 22.8. The quantitative estimate of drug-likeness (QED) is 0.721. The predicted molar refractivity (Wildman–Crippen MR) is 50.8 cm³/mol. The summed E-state index contributed by atoms with van der Waals surface area (Å²) in [5.41, 5.74) is 0.188. The van der Waals surface area contributed by atoms with Crippen LogP contribution in [0.25, 0.3) is 0 Å². The lowest BCUT2D eigenvalue weighted by atomic mass is 9.92. The first-order valence-electron chi connectivity index (χ1n) is 4.69. The van der Waals surface area contributed by atoms with Gasteiger partial charge < -0.3 is 4.74 Å². The van der Waals surface area contributed by atoms with Crippen molar-refractivity contribution in [3.63, 3.8) is 0 Å². The maximum atomic E-state index is 12.2. The molecule has 3 nitrogen and oxygen atoms in total. The van der Waals surface area contributed by atoms with Crippen molar-refractivity contribution in [2.75, 3.05) is 6.61 Å². The second-order valence-electron chi connectivity index (χ2n) is 3.43. The number of ketones is 2. The molecule has 5 heteroatoms. The van der Waals surface area contributed by atoms with Gasteiger partial charge in [-0.15, -0.1) is 0 Å². The minimum atomic E-state index is -3.14. The highest BCUT2D eigenvalue weighted by atomic mass is 19.3. The number of carbonyl (C=O) groups excluding carboxylic acids is 2. The summed E-state index contributed by atoms with van der Waals surface area (Å²) in [5, 5.41) is 0. The minimum Gasteiger partial charge on any atom is -0.492 e. The van der Waals surface area contributed by atoms with Crippen LogP contribution in [0.3, 0.4) is 0 Å². The largest absolute Gasteiger partial charge is 0.492 e. The molecule has 1 aromatic carbocycles. The Morgan fingerprint density at radius 1 is 1.38 bits per heavy atom. The second-order valence-corrected chi connectivity index (χ2v) is 3.43. The summed E-state index contributed by atoms with van der Waals surface area (Å²) < 4.78 is 29.5. The molecule has 2 rings (SSSR count). The van der Waals surface area contributed by atoms with Gasteiger partial charge in [-0.3, -0.25) is 9.59 Å². The number of para-hydroxylation sites is 1. The molecule has 0 aliphatic carbocycles. The van der Waals surface area contributed by atoms with E-state index in [-0.39, 0.29) is 12.2 Å². The van der Waals surface area contributed by atoms with Gasteiger partial charge in [0.15, 0.2) is 5.78 Å². The Labute approximate surface area is 90.0 Å². The molecule has 16 heavy (non-hydrogen) atoms. The summed E-state index contributed by atoms with van der Waals surface area (Å²) >= 11 is 0. The van der Waals surface area contributed by atoms with Gasteiger partial charge in [-0.2, -0.15) is 0 Å². The first-order valence-corrected chi connectivity index (χ1v) is 4.69. The van der Waals surface area contributed by atoms with Gasteiger partial charge in [0.2, 0.25) is 5.78 Å². The van der Waals surface area contributed by atoms with Crippen LogP contribution in [0.5, 0.6) is 5.75 Å². The molecule has 0 amide bonds. The summed E-state index contributed by atoms with van der Waals surface area (Å²) in [5.74, 6) is -3.01. The zero-order valence-corrected chi connectivity index (χ0v) is 8.15. The number of fused-ring (bicyclic) bond motifs is 1. The van der Waals surface area contributed by atoms with Crippen LogP contribution in [0.2, 0.25) is 0 Å². The van der Waals surface area contributed by atoms with Crippen molar-refractivity contribution < 1.29 is 23.1 Å². The molecule has 0 saturated heterocycles. The number of hydrogen-bond donors (Lipinski definition) is 0. The highest BCUT2D eigenvalue weighted by Crippen LogP contribution is 2.28. The van der Waals surface area contributed by atoms with E-state index in [0.29, 0.717) is 5.75 Å². The Balaban J connectivity index is 2.31. The SMILES string of the molecule is O=C1c2ccccc2OCC1C(=O)C(F)F. The van der Waals surface area contributed by atoms with Gasteiger partial charge in [0.25, 0.3) is 6.43 Å². The highest BCUT2D eigenvalue weighted by Gasteiger charge is 2.37. The predicted octanol–water partition coefficient (Wildman–Crippen LogP) is 1.71. The van der Waals surface area contributed by atoms with Crippen LogP contribution in [0.4, 0.5) is 8.78 Å². The molecular weight excluding hydrogens is 218 g/mol. The number of ether oxygens (including phenoxy) is 1. The Morgan fingerprint density at radius 2 is 2.06 bits per heavy atom. The van der Waals surface area contributed by atoms with Crippen LogP contribution in [-0.2, 0) is 4.79 Å². The Kier molecular flexibility index (Phi) is 2.68. The van der Waals surface area contributed by atoms with Crippen LogP contribution in [0, 0.1) is 5.92 Å². The molecule has 1 aromatic rings. The molecule has 0 bridgehead atoms. The molecule has 0 N–H and O–H groups in total. The van der Waals surface area contributed by atoms with Crippen molar-refractivity contribution >= 4 is 11.6 Å². The van der Waals surface area contributed by atoms with Crippen LogP contribution in [0.1, 0.15) is 10.4 Å². The molecule has 1 heterocycles. The molecule has 0 spiro atoms. The number of Topliss-reactive ketones (excluding diaryl/α,β-unsaturated/α-hetero) is 2.